The Morgan fingerprint density at radius 1 is 1.03 bits per heavy atom. The molecule has 5 rings (SSSR count). The van der Waals surface area contributed by atoms with Gasteiger partial charge in [0.25, 0.3) is 0 Å². The molecule has 0 amide bonds. The molecule has 0 saturated heterocycles. The third kappa shape index (κ3) is 3.24. The first-order valence-corrected chi connectivity index (χ1v) is 9.55. The summed E-state index contributed by atoms with van der Waals surface area (Å²) in [5, 5.41) is 12.5. The van der Waals surface area contributed by atoms with E-state index in [1.165, 1.54) is 13.2 Å². The van der Waals surface area contributed by atoms with Crippen molar-refractivity contribution in [2.75, 3.05) is 13.7 Å². The van der Waals surface area contributed by atoms with Crippen molar-refractivity contribution in [2.45, 2.75) is 6.54 Å². The SMILES string of the molecule is COc1cc2cc(-c3ccccc3)n(Cc3cccc(C4=NN=NC4)n3)c2cc1F. The molecule has 0 bridgehead atoms. The third-order valence-electron chi connectivity index (χ3n) is 5.12. The highest BCUT2D eigenvalue weighted by Crippen LogP contribution is 2.32. The summed E-state index contributed by atoms with van der Waals surface area (Å²) in [7, 11) is 1.47. The van der Waals surface area contributed by atoms with Crippen molar-refractivity contribution in [1.82, 2.24) is 9.55 Å². The second-order valence-electron chi connectivity index (χ2n) is 6.98. The van der Waals surface area contributed by atoms with Crippen LogP contribution in [0.3, 0.4) is 0 Å². The van der Waals surface area contributed by atoms with E-state index in [1.54, 1.807) is 6.07 Å². The first-order valence-electron chi connectivity index (χ1n) is 9.55. The zero-order valence-electron chi connectivity index (χ0n) is 16.3. The molecule has 4 aromatic rings. The molecule has 2 aromatic carbocycles. The summed E-state index contributed by atoms with van der Waals surface area (Å²) >= 11 is 0. The molecule has 1 aliphatic rings. The van der Waals surface area contributed by atoms with Gasteiger partial charge < -0.3 is 9.30 Å². The largest absolute Gasteiger partial charge is 0.494 e. The lowest BCUT2D eigenvalue weighted by Crippen LogP contribution is -2.09. The molecule has 0 atom stereocenters. The molecule has 0 N–H and O–H groups in total. The molecule has 3 heterocycles. The second kappa shape index (κ2) is 7.51. The van der Waals surface area contributed by atoms with Gasteiger partial charge >= 0.3 is 0 Å². The molecule has 7 heteroatoms. The summed E-state index contributed by atoms with van der Waals surface area (Å²) in [5.41, 5.74) is 5.14. The maximum absolute atomic E-state index is 14.5. The van der Waals surface area contributed by atoms with Crippen LogP contribution < -0.4 is 4.74 Å². The summed E-state index contributed by atoms with van der Waals surface area (Å²) in [5.74, 6) is -0.166. The first-order chi connectivity index (χ1) is 14.7. The van der Waals surface area contributed by atoms with Crippen LogP contribution in [0.5, 0.6) is 5.75 Å². The first kappa shape index (κ1) is 18.2. The van der Waals surface area contributed by atoms with Crippen LogP contribution in [0, 0.1) is 5.82 Å². The molecule has 2 aromatic heterocycles. The summed E-state index contributed by atoms with van der Waals surface area (Å²) < 4.78 is 21.8. The number of fused-ring (bicyclic) bond motifs is 1. The van der Waals surface area contributed by atoms with Gasteiger partial charge in [0, 0.05) is 17.1 Å². The highest BCUT2D eigenvalue weighted by Gasteiger charge is 2.16. The molecule has 6 nitrogen and oxygen atoms in total. The third-order valence-corrected chi connectivity index (χ3v) is 5.12. The molecule has 0 fully saturated rings. The number of ether oxygens (including phenoxy) is 1. The van der Waals surface area contributed by atoms with Gasteiger partial charge in [0.15, 0.2) is 11.6 Å². The number of aromatic nitrogens is 2. The maximum atomic E-state index is 14.5. The highest BCUT2D eigenvalue weighted by atomic mass is 19.1. The molecular formula is C23H18FN5O. The molecule has 0 radical (unpaired) electrons. The van der Waals surface area contributed by atoms with E-state index in [9.17, 15) is 4.39 Å². The molecule has 148 valence electrons. The van der Waals surface area contributed by atoms with E-state index in [1.807, 2.05) is 48.5 Å². The number of benzene rings is 2. The van der Waals surface area contributed by atoms with Gasteiger partial charge in [-0.1, -0.05) is 36.4 Å². The van der Waals surface area contributed by atoms with Crippen molar-refractivity contribution in [1.29, 1.82) is 0 Å². The standard InChI is InChI=1S/C23H18FN5O/c1-30-23-11-16-10-21(15-6-3-2-4-7-15)29(22(16)12-18(23)24)14-17-8-5-9-19(26-17)20-13-25-28-27-20/h2-12H,13-14H2,1H3. The van der Waals surface area contributed by atoms with Gasteiger partial charge in [-0.2, -0.15) is 5.11 Å². The Kier molecular flexibility index (Phi) is 4.55. The molecule has 30 heavy (non-hydrogen) atoms. The fraction of sp³-hybridized carbons (Fsp3) is 0.130. The Labute approximate surface area is 172 Å². The lowest BCUT2D eigenvalue weighted by Gasteiger charge is -2.12. The van der Waals surface area contributed by atoms with Crippen molar-refractivity contribution in [3.63, 3.8) is 0 Å². The summed E-state index contributed by atoms with van der Waals surface area (Å²) in [6.45, 7) is 0.915. The topological polar surface area (TPSA) is 64.1 Å². The zero-order chi connectivity index (χ0) is 20.5. The van der Waals surface area contributed by atoms with E-state index < -0.39 is 5.82 Å². The van der Waals surface area contributed by atoms with Crippen molar-refractivity contribution < 1.29 is 9.13 Å². The number of methoxy groups -OCH3 is 1. The Hall–Kier alpha value is -3.87. The van der Waals surface area contributed by atoms with Crippen LogP contribution in [0.2, 0.25) is 0 Å². The predicted molar refractivity (Wildman–Crippen MR) is 113 cm³/mol. The lowest BCUT2D eigenvalue weighted by atomic mass is 10.1. The number of hydrogen-bond donors (Lipinski definition) is 0. The van der Waals surface area contributed by atoms with E-state index in [4.69, 9.17) is 9.72 Å². The van der Waals surface area contributed by atoms with Crippen LogP contribution in [0.15, 0.2) is 82.2 Å². The maximum Gasteiger partial charge on any atom is 0.167 e. The number of rotatable bonds is 5. The van der Waals surface area contributed by atoms with Crippen LogP contribution >= 0.6 is 0 Å². The van der Waals surface area contributed by atoms with E-state index in [0.717, 1.165) is 39.3 Å². The quantitative estimate of drug-likeness (QED) is 0.470. The van der Waals surface area contributed by atoms with E-state index in [2.05, 4.69) is 26.1 Å². The molecule has 0 unspecified atom stereocenters. The van der Waals surface area contributed by atoms with Crippen LogP contribution in [-0.2, 0) is 6.54 Å². The highest BCUT2D eigenvalue weighted by molar-refractivity contribution is 6.01. The summed E-state index contributed by atoms with van der Waals surface area (Å²) in [6.07, 6.45) is 0. The molecule has 0 saturated carbocycles. The average molecular weight is 399 g/mol. The van der Waals surface area contributed by atoms with Gasteiger partial charge in [-0.3, -0.25) is 0 Å². The smallest absolute Gasteiger partial charge is 0.167 e. The van der Waals surface area contributed by atoms with Crippen LogP contribution in [0.4, 0.5) is 4.39 Å². The lowest BCUT2D eigenvalue weighted by molar-refractivity contribution is 0.387. The summed E-state index contributed by atoms with van der Waals surface area (Å²) in [6, 6.07) is 21.1. The van der Waals surface area contributed by atoms with Crippen LogP contribution in [0.1, 0.15) is 11.4 Å². The fourth-order valence-electron chi connectivity index (χ4n) is 3.68. The minimum Gasteiger partial charge on any atom is -0.494 e. The van der Waals surface area contributed by atoms with Crippen molar-refractivity contribution in [3.05, 3.63) is 83.9 Å². The molecular weight excluding hydrogens is 381 g/mol. The van der Waals surface area contributed by atoms with Gasteiger partial charge in [-0.05, 0) is 35.1 Å². The van der Waals surface area contributed by atoms with E-state index >= 15 is 0 Å². The van der Waals surface area contributed by atoms with Gasteiger partial charge in [0.1, 0.15) is 12.3 Å². The Balaban J connectivity index is 1.64. The minimum atomic E-state index is -0.394. The molecule has 0 spiro atoms. The predicted octanol–water partition coefficient (Wildman–Crippen LogP) is 5.07. The number of hydrogen-bond acceptors (Lipinski definition) is 5. The van der Waals surface area contributed by atoms with Crippen molar-refractivity contribution in [2.24, 2.45) is 15.4 Å². The van der Waals surface area contributed by atoms with E-state index in [0.29, 0.717) is 13.1 Å². The van der Waals surface area contributed by atoms with Crippen molar-refractivity contribution in [3.8, 4) is 17.0 Å². The van der Waals surface area contributed by atoms with E-state index in [-0.39, 0.29) is 5.75 Å². The number of nitrogens with zero attached hydrogens (tertiary/aromatic N) is 5. The fourth-order valence-corrected chi connectivity index (χ4v) is 3.68. The Morgan fingerprint density at radius 3 is 2.67 bits per heavy atom. The van der Waals surface area contributed by atoms with Gasteiger partial charge in [-0.15, -0.1) is 5.10 Å². The van der Waals surface area contributed by atoms with Gasteiger partial charge in [0.05, 0.1) is 30.6 Å². The van der Waals surface area contributed by atoms with Crippen LogP contribution in [-0.4, -0.2) is 28.9 Å². The van der Waals surface area contributed by atoms with Crippen LogP contribution in [0.25, 0.3) is 22.2 Å². The normalized spacial score (nSPS) is 13.1. The molecule has 0 aliphatic carbocycles. The second-order valence-corrected chi connectivity index (χ2v) is 6.98. The van der Waals surface area contributed by atoms with Gasteiger partial charge in [0.2, 0.25) is 0 Å². The Bertz CT molecular complexity index is 1290. The molecule has 1 aliphatic heterocycles. The number of pyridine rings is 1. The van der Waals surface area contributed by atoms with Gasteiger partial charge in [-0.25, -0.2) is 9.37 Å². The Morgan fingerprint density at radius 2 is 1.90 bits per heavy atom. The van der Waals surface area contributed by atoms with Crippen molar-refractivity contribution >= 4 is 16.6 Å². The zero-order valence-corrected chi connectivity index (χ0v) is 16.3. The average Bonchev–Trinajstić information content (AvgIpc) is 3.43. The summed E-state index contributed by atoms with van der Waals surface area (Å²) in [4.78, 5) is 4.74. The monoisotopic (exact) mass is 399 g/mol. The minimum absolute atomic E-state index is 0.228. The number of halogens is 1.